The number of hydrazine groups is 1. The zero-order chi connectivity index (χ0) is 20.4. The van der Waals surface area contributed by atoms with Crippen LogP contribution in [0.3, 0.4) is 0 Å². The molecule has 29 heavy (non-hydrogen) atoms. The second-order valence-corrected chi connectivity index (χ2v) is 8.41. The summed E-state index contributed by atoms with van der Waals surface area (Å²) in [5, 5.41) is 4.21. The van der Waals surface area contributed by atoms with Crippen molar-refractivity contribution in [2.24, 2.45) is 5.92 Å². The summed E-state index contributed by atoms with van der Waals surface area (Å²) in [4.78, 5) is 28.6. The van der Waals surface area contributed by atoms with Crippen LogP contribution in [-0.2, 0) is 9.59 Å². The first kappa shape index (κ1) is 18.5. The Bertz CT molecular complexity index is 996. The lowest BCUT2D eigenvalue weighted by Gasteiger charge is -2.30. The molecule has 0 spiro atoms. The number of hydrogen-bond donors (Lipinski definition) is 0. The number of fused-ring (bicyclic) bond motifs is 3. The van der Waals surface area contributed by atoms with Gasteiger partial charge in [-0.15, -0.1) is 0 Å². The maximum atomic E-state index is 13.6. The van der Waals surface area contributed by atoms with Gasteiger partial charge in [0.05, 0.1) is 17.6 Å². The molecular formula is C23H24FN3O2. The van der Waals surface area contributed by atoms with Crippen LogP contribution in [-0.4, -0.2) is 41.0 Å². The highest BCUT2D eigenvalue weighted by Crippen LogP contribution is 2.49. The van der Waals surface area contributed by atoms with Crippen LogP contribution in [0.1, 0.15) is 34.7 Å². The van der Waals surface area contributed by atoms with E-state index in [1.54, 1.807) is 12.1 Å². The standard InChI is InChI=1S/C23H24FN3O2/c1-13-11-14(2)19(15(3)12-13)27-22(28)18-20(16-5-7-17(24)8-6-16)25-9-4-10-26(25)21(18)23(27)29/h5-8,11-12,18,20-21H,4,9-10H2,1-3H3/t18-,20+,21+/m0/s1. The number of aryl methyl sites for hydroxylation is 3. The molecule has 0 aliphatic carbocycles. The van der Waals surface area contributed by atoms with E-state index in [4.69, 9.17) is 0 Å². The normalized spacial score (nSPS) is 27.0. The highest BCUT2D eigenvalue weighted by Gasteiger charge is 2.63. The molecule has 0 N–H and O–H groups in total. The number of nitrogens with zero attached hydrogens (tertiary/aromatic N) is 3. The van der Waals surface area contributed by atoms with Gasteiger partial charge in [-0.25, -0.2) is 19.3 Å². The lowest BCUT2D eigenvalue weighted by Crippen LogP contribution is -2.44. The fraction of sp³-hybridized carbons (Fsp3) is 0.391. The number of benzene rings is 2. The second-order valence-electron chi connectivity index (χ2n) is 8.41. The summed E-state index contributed by atoms with van der Waals surface area (Å²) < 4.78 is 13.5. The maximum absolute atomic E-state index is 13.6. The third-order valence-electron chi connectivity index (χ3n) is 6.48. The van der Waals surface area contributed by atoms with E-state index in [0.29, 0.717) is 5.69 Å². The third-order valence-corrected chi connectivity index (χ3v) is 6.48. The molecule has 0 radical (unpaired) electrons. The first-order valence-corrected chi connectivity index (χ1v) is 10.1. The Morgan fingerprint density at radius 1 is 0.862 bits per heavy atom. The Balaban J connectivity index is 1.61. The number of imide groups is 1. The first-order chi connectivity index (χ1) is 13.9. The van der Waals surface area contributed by atoms with Crippen molar-refractivity contribution in [1.82, 2.24) is 10.0 Å². The van der Waals surface area contributed by atoms with Crippen LogP contribution < -0.4 is 4.90 Å². The molecule has 3 aliphatic rings. The summed E-state index contributed by atoms with van der Waals surface area (Å²) >= 11 is 0. The van der Waals surface area contributed by atoms with E-state index in [2.05, 4.69) is 10.0 Å². The molecule has 3 saturated heterocycles. The summed E-state index contributed by atoms with van der Waals surface area (Å²) in [6.45, 7) is 7.47. The quantitative estimate of drug-likeness (QED) is 0.735. The van der Waals surface area contributed by atoms with Crippen molar-refractivity contribution in [1.29, 1.82) is 0 Å². The van der Waals surface area contributed by atoms with Gasteiger partial charge < -0.3 is 0 Å². The minimum Gasteiger partial charge on any atom is -0.274 e. The SMILES string of the molecule is Cc1cc(C)c(N2C(=O)[C@H]3[C@@H](c4ccc(F)cc4)N4CCCN4[C@H]3C2=O)c(C)c1. The minimum absolute atomic E-state index is 0.147. The van der Waals surface area contributed by atoms with Crippen LogP contribution in [0.5, 0.6) is 0 Å². The van der Waals surface area contributed by atoms with Gasteiger partial charge in [0.1, 0.15) is 11.9 Å². The van der Waals surface area contributed by atoms with Crippen LogP contribution in [0.25, 0.3) is 0 Å². The Hall–Kier alpha value is -2.57. The summed E-state index contributed by atoms with van der Waals surface area (Å²) in [6, 6.07) is 9.62. The van der Waals surface area contributed by atoms with Crippen molar-refractivity contribution >= 4 is 17.5 Å². The van der Waals surface area contributed by atoms with E-state index in [9.17, 15) is 14.0 Å². The summed E-state index contributed by atoms with van der Waals surface area (Å²) in [6.07, 6.45) is 0.949. The van der Waals surface area contributed by atoms with Crippen molar-refractivity contribution < 1.29 is 14.0 Å². The van der Waals surface area contributed by atoms with Crippen LogP contribution >= 0.6 is 0 Å². The maximum Gasteiger partial charge on any atom is 0.253 e. The van der Waals surface area contributed by atoms with Gasteiger partial charge in [-0.1, -0.05) is 29.8 Å². The van der Waals surface area contributed by atoms with E-state index in [0.717, 1.165) is 41.8 Å². The van der Waals surface area contributed by atoms with Gasteiger partial charge in [0, 0.05) is 13.1 Å². The highest BCUT2D eigenvalue weighted by molar-refractivity contribution is 6.24. The molecule has 2 amide bonds. The van der Waals surface area contributed by atoms with Gasteiger partial charge in [-0.05, 0) is 56.0 Å². The van der Waals surface area contributed by atoms with E-state index >= 15 is 0 Å². The smallest absolute Gasteiger partial charge is 0.253 e. The Morgan fingerprint density at radius 3 is 2.07 bits per heavy atom. The van der Waals surface area contributed by atoms with E-state index < -0.39 is 12.0 Å². The van der Waals surface area contributed by atoms with Gasteiger partial charge in [-0.2, -0.15) is 0 Å². The van der Waals surface area contributed by atoms with Gasteiger partial charge in [0.15, 0.2) is 0 Å². The average Bonchev–Trinajstić information content (AvgIpc) is 3.30. The zero-order valence-corrected chi connectivity index (χ0v) is 16.9. The summed E-state index contributed by atoms with van der Waals surface area (Å²) in [5.41, 5.74) is 4.56. The van der Waals surface area contributed by atoms with E-state index in [-0.39, 0.29) is 23.7 Å². The van der Waals surface area contributed by atoms with Crippen LogP contribution in [0.15, 0.2) is 36.4 Å². The first-order valence-electron chi connectivity index (χ1n) is 10.1. The predicted molar refractivity (Wildman–Crippen MR) is 108 cm³/mol. The minimum atomic E-state index is -0.486. The molecule has 5 rings (SSSR count). The molecule has 150 valence electrons. The number of amides is 2. The number of rotatable bonds is 2. The van der Waals surface area contributed by atoms with Crippen molar-refractivity contribution in [3.63, 3.8) is 0 Å². The van der Waals surface area contributed by atoms with Crippen molar-refractivity contribution in [3.05, 3.63) is 64.5 Å². The monoisotopic (exact) mass is 393 g/mol. The molecule has 2 aromatic rings. The predicted octanol–water partition coefficient (Wildman–Crippen LogP) is 3.29. The molecule has 3 aliphatic heterocycles. The van der Waals surface area contributed by atoms with Crippen molar-refractivity contribution in [2.45, 2.75) is 39.3 Å². The fourth-order valence-corrected chi connectivity index (χ4v) is 5.52. The number of halogens is 1. The van der Waals surface area contributed by atoms with Crippen molar-refractivity contribution in [3.8, 4) is 0 Å². The second kappa shape index (κ2) is 6.47. The Morgan fingerprint density at radius 2 is 1.45 bits per heavy atom. The van der Waals surface area contributed by atoms with Gasteiger partial charge in [0.25, 0.3) is 5.91 Å². The van der Waals surface area contributed by atoms with Crippen LogP contribution in [0.2, 0.25) is 0 Å². The number of carbonyl (C=O) groups is 2. The van der Waals surface area contributed by atoms with Crippen LogP contribution in [0.4, 0.5) is 10.1 Å². The number of hydrogen-bond acceptors (Lipinski definition) is 4. The fourth-order valence-electron chi connectivity index (χ4n) is 5.52. The molecular weight excluding hydrogens is 369 g/mol. The van der Waals surface area contributed by atoms with Crippen molar-refractivity contribution in [2.75, 3.05) is 18.0 Å². The lowest BCUT2D eigenvalue weighted by atomic mass is 9.90. The summed E-state index contributed by atoms with van der Waals surface area (Å²) in [7, 11) is 0. The van der Waals surface area contributed by atoms with E-state index in [1.165, 1.54) is 17.0 Å². The molecule has 6 heteroatoms. The molecule has 3 atom stereocenters. The topological polar surface area (TPSA) is 43.9 Å². The molecule has 5 nitrogen and oxygen atoms in total. The highest BCUT2D eigenvalue weighted by atomic mass is 19.1. The molecule has 0 unspecified atom stereocenters. The molecule has 3 fully saturated rings. The number of carbonyl (C=O) groups excluding carboxylic acids is 2. The third kappa shape index (κ3) is 2.59. The largest absolute Gasteiger partial charge is 0.274 e. The Kier molecular flexibility index (Phi) is 4.12. The van der Waals surface area contributed by atoms with Gasteiger partial charge in [0.2, 0.25) is 5.91 Å². The molecule has 3 heterocycles. The molecule has 0 aromatic heterocycles. The van der Waals surface area contributed by atoms with Gasteiger partial charge in [-0.3, -0.25) is 9.59 Å². The summed E-state index contributed by atoms with van der Waals surface area (Å²) in [5.74, 6) is -1.08. The Labute approximate surface area is 169 Å². The zero-order valence-electron chi connectivity index (χ0n) is 16.9. The average molecular weight is 393 g/mol. The number of anilines is 1. The molecule has 0 bridgehead atoms. The van der Waals surface area contributed by atoms with Crippen LogP contribution in [0, 0.1) is 32.5 Å². The molecule has 2 aromatic carbocycles. The van der Waals surface area contributed by atoms with E-state index in [1.807, 2.05) is 32.9 Å². The lowest BCUT2D eigenvalue weighted by molar-refractivity contribution is -0.126. The van der Waals surface area contributed by atoms with Gasteiger partial charge >= 0.3 is 0 Å². The molecule has 0 saturated carbocycles.